The lowest BCUT2D eigenvalue weighted by molar-refractivity contribution is -0.660. The molecule has 0 unspecified atom stereocenters. The molecule has 0 saturated carbocycles. The third kappa shape index (κ3) is 1.94. The van der Waals surface area contributed by atoms with Crippen molar-refractivity contribution in [3.05, 3.63) is 53.7 Å². The van der Waals surface area contributed by atoms with Gasteiger partial charge in [0.25, 0.3) is 0 Å². The minimum Gasteiger partial charge on any atom is -0.207 e. The lowest BCUT2D eigenvalue weighted by Gasteiger charge is -2.02. The van der Waals surface area contributed by atoms with Crippen molar-refractivity contribution in [3.63, 3.8) is 0 Å². The van der Waals surface area contributed by atoms with E-state index in [0.717, 1.165) is 17.3 Å². The number of rotatable bonds is 1. The third-order valence-corrected chi connectivity index (χ3v) is 2.51. The smallest absolute Gasteiger partial charge is 0.207 e. The highest BCUT2D eigenvalue weighted by molar-refractivity contribution is 5.57. The third-order valence-electron chi connectivity index (χ3n) is 2.51. The van der Waals surface area contributed by atoms with Gasteiger partial charge in [-0.3, -0.25) is 0 Å². The second kappa shape index (κ2) is 4.00. The van der Waals surface area contributed by atoms with Crippen molar-refractivity contribution < 1.29 is 13.3 Å². The van der Waals surface area contributed by atoms with Crippen molar-refractivity contribution in [2.24, 2.45) is 7.05 Å². The summed E-state index contributed by atoms with van der Waals surface area (Å²) in [4.78, 5) is 0. The summed E-state index contributed by atoms with van der Waals surface area (Å²) in [6, 6.07) is 7.43. The number of benzene rings is 1. The lowest BCUT2D eigenvalue weighted by atomic mass is 10.1. The summed E-state index contributed by atoms with van der Waals surface area (Å²) in [6.07, 6.45) is 1.85. The molecule has 0 amide bonds. The summed E-state index contributed by atoms with van der Waals surface area (Å²) in [6.45, 7) is 1.94. The zero-order valence-corrected chi connectivity index (χ0v) is 9.17. The molecule has 0 aliphatic carbocycles. The Morgan fingerprint density at radius 2 is 1.81 bits per heavy atom. The molecule has 0 N–H and O–H groups in total. The molecule has 2 aromatic rings. The molecule has 0 atom stereocenters. The van der Waals surface area contributed by atoms with Gasteiger partial charge in [-0.05, 0) is 24.6 Å². The van der Waals surface area contributed by atoms with Crippen LogP contribution in [-0.2, 0) is 7.05 Å². The van der Waals surface area contributed by atoms with Crippen LogP contribution in [0.2, 0.25) is 0 Å². The van der Waals surface area contributed by atoms with Crippen molar-refractivity contribution in [3.8, 4) is 11.3 Å². The fourth-order valence-corrected chi connectivity index (χ4v) is 1.64. The molecule has 0 saturated heterocycles. The Balaban J connectivity index is 2.62. The molecule has 1 nitrogen and oxygen atoms in total. The van der Waals surface area contributed by atoms with Gasteiger partial charge in [0.15, 0.2) is 6.20 Å². The lowest BCUT2D eigenvalue weighted by Crippen LogP contribution is -2.30. The van der Waals surface area contributed by atoms with Crippen molar-refractivity contribution in [2.75, 3.05) is 0 Å². The number of halogens is 2. The van der Waals surface area contributed by atoms with Crippen LogP contribution in [0.15, 0.2) is 36.5 Å². The summed E-state index contributed by atoms with van der Waals surface area (Å²) >= 11 is 0. The Labute approximate surface area is 93.0 Å². The van der Waals surface area contributed by atoms with E-state index < -0.39 is 11.6 Å². The van der Waals surface area contributed by atoms with Crippen LogP contribution < -0.4 is 4.57 Å². The SMILES string of the molecule is Cc1cc[n+](C)c(-c2ccc(F)cc2F)c1. The molecule has 0 radical (unpaired) electrons. The molecule has 0 bridgehead atoms. The zero-order chi connectivity index (χ0) is 11.7. The molecule has 1 aromatic heterocycles. The Bertz CT molecular complexity index is 535. The fraction of sp³-hybridized carbons (Fsp3) is 0.154. The fourth-order valence-electron chi connectivity index (χ4n) is 1.64. The molecule has 1 heterocycles. The van der Waals surface area contributed by atoms with Crippen LogP contribution in [0.3, 0.4) is 0 Å². The predicted molar refractivity (Wildman–Crippen MR) is 57.7 cm³/mol. The quantitative estimate of drug-likeness (QED) is 0.651. The van der Waals surface area contributed by atoms with E-state index >= 15 is 0 Å². The number of aryl methyl sites for hydroxylation is 2. The molecule has 82 valence electrons. The Morgan fingerprint density at radius 3 is 2.50 bits per heavy atom. The molecule has 3 heteroatoms. The van der Waals surface area contributed by atoms with Gasteiger partial charge in [-0.15, -0.1) is 0 Å². The first kappa shape index (κ1) is 10.7. The van der Waals surface area contributed by atoms with Gasteiger partial charge in [-0.2, -0.15) is 0 Å². The van der Waals surface area contributed by atoms with Crippen LogP contribution in [0.4, 0.5) is 8.78 Å². The van der Waals surface area contributed by atoms with Crippen LogP contribution >= 0.6 is 0 Å². The van der Waals surface area contributed by atoms with Crippen molar-refractivity contribution in [2.45, 2.75) is 6.92 Å². The molecule has 16 heavy (non-hydrogen) atoms. The summed E-state index contributed by atoms with van der Waals surface area (Å²) in [5, 5.41) is 0. The van der Waals surface area contributed by atoms with Gasteiger partial charge in [0.05, 0.1) is 5.56 Å². The average molecular weight is 220 g/mol. The number of nitrogens with zero attached hydrogens (tertiary/aromatic N) is 1. The maximum Gasteiger partial charge on any atom is 0.215 e. The average Bonchev–Trinajstić information content (AvgIpc) is 2.22. The summed E-state index contributed by atoms with van der Waals surface area (Å²) < 4.78 is 28.2. The van der Waals surface area contributed by atoms with Gasteiger partial charge in [0.1, 0.15) is 18.7 Å². The zero-order valence-electron chi connectivity index (χ0n) is 9.17. The van der Waals surface area contributed by atoms with E-state index in [2.05, 4.69) is 0 Å². The molecule has 0 aliphatic heterocycles. The molecular weight excluding hydrogens is 208 g/mol. The minimum absolute atomic E-state index is 0.410. The first-order chi connectivity index (χ1) is 7.58. The Kier molecular flexibility index (Phi) is 2.69. The van der Waals surface area contributed by atoms with E-state index in [0.29, 0.717) is 5.56 Å². The second-order valence-electron chi connectivity index (χ2n) is 3.82. The number of hydrogen-bond donors (Lipinski definition) is 0. The van der Waals surface area contributed by atoms with E-state index in [1.165, 1.54) is 12.1 Å². The molecule has 0 spiro atoms. The molecule has 2 rings (SSSR count). The van der Waals surface area contributed by atoms with Gasteiger partial charge >= 0.3 is 0 Å². The van der Waals surface area contributed by atoms with Crippen LogP contribution in [0, 0.1) is 18.6 Å². The minimum atomic E-state index is -0.559. The standard InChI is InChI=1S/C13H12F2N/c1-9-5-6-16(2)13(7-9)11-4-3-10(14)8-12(11)15/h3-8H,1-2H3/q+1. The van der Waals surface area contributed by atoms with E-state index in [4.69, 9.17) is 0 Å². The van der Waals surface area contributed by atoms with E-state index in [1.807, 2.05) is 36.9 Å². The molecule has 1 aromatic carbocycles. The van der Waals surface area contributed by atoms with Gasteiger partial charge in [0, 0.05) is 18.2 Å². The topological polar surface area (TPSA) is 3.88 Å². The molecule has 0 fully saturated rings. The van der Waals surface area contributed by atoms with E-state index in [-0.39, 0.29) is 0 Å². The maximum atomic E-state index is 13.6. The second-order valence-corrected chi connectivity index (χ2v) is 3.82. The van der Waals surface area contributed by atoms with Gasteiger partial charge in [0.2, 0.25) is 5.69 Å². The first-order valence-electron chi connectivity index (χ1n) is 4.99. The normalized spacial score (nSPS) is 10.5. The monoisotopic (exact) mass is 220 g/mol. The summed E-state index contributed by atoms with van der Waals surface area (Å²) in [5.41, 5.74) is 2.18. The van der Waals surface area contributed by atoms with E-state index in [1.54, 1.807) is 0 Å². The van der Waals surface area contributed by atoms with E-state index in [9.17, 15) is 8.78 Å². The number of aromatic nitrogens is 1. The maximum absolute atomic E-state index is 13.6. The van der Waals surface area contributed by atoms with Gasteiger partial charge < -0.3 is 0 Å². The van der Waals surface area contributed by atoms with Gasteiger partial charge in [-0.1, -0.05) is 0 Å². The highest BCUT2D eigenvalue weighted by Crippen LogP contribution is 2.20. The highest BCUT2D eigenvalue weighted by atomic mass is 19.1. The highest BCUT2D eigenvalue weighted by Gasteiger charge is 2.14. The van der Waals surface area contributed by atoms with Gasteiger partial charge in [-0.25, -0.2) is 13.3 Å². The van der Waals surface area contributed by atoms with Crippen LogP contribution in [0.5, 0.6) is 0 Å². The molecular formula is C13H12F2N+. The number of hydrogen-bond acceptors (Lipinski definition) is 0. The van der Waals surface area contributed by atoms with Crippen LogP contribution in [0.1, 0.15) is 5.56 Å². The largest absolute Gasteiger partial charge is 0.215 e. The van der Waals surface area contributed by atoms with Crippen molar-refractivity contribution in [1.82, 2.24) is 0 Å². The summed E-state index contributed by atoms with van der Waals surface area (Å²) in [7, 11) is 1.83. The van der Waals surface area contributed by atoms with Crippen molar-refractivity contribution >= 4 is 0 Å². The van der Waals surface area contributed by atoms with Crippen molar-refractivity contribution in [1.29, 1.82) is 0 Å². The van der Waals surface area contributed by atoms with Crippen LogP contribution in [-0.4, -0.2) is 0 Å². The first-order valence-corrected chi connectivity index (χ1v) is 4.99. The number of pyridine rings is 1. The summed E-state index contributed by atoms with van der Waals surface area (Å²) in [5.74, 6) is -1.10. The van der Waals surface area contributed by atoms with Crippen LogP contribution in [0.25, 0.3) is 11.3 Å². The Hall–Kier alpha value is -1.77. The predicted octanol–water partition coefficient (Wildman–Crippen LogP) is 2.76. The Morgan fingerprint density at radius 1 is 1.06 bits per heavy atom. The molecule has 0 aliphatic rings.